The molecule has 0 aliphatic carbocycles. The number of aliphatic imine (C=N–C) groups is 1. The molecular weight excluding hydrogens is 379 g/mol. The van der Waals surface area contributed by atoms with E-state index in [0.29, 0.717) is 18.7 Å². The Hall–Kier alpha value is -3.37. The number of amides is 1. The van der Waals surface area contributed by atoms with Crippen molar-refractivity contribution in [1.82, 2.24) is 9.97 Å². The minimum Gasteiger partial charge on any atom is -0.470 e. The minimum absolute atomic E-state index is 0.0190. The van der Waals surface area contributed by atoms with Crippen LogP contribution in [-0.2, 0) is 4.74 Å². The summed E-state index contributed by atoms with van der Waals surface area (Å²) < 4.78 is 48.1. The lowest BCUT2D eigenvalue weighted by molar-refractivity contribution is 0.0792. The van der Waals surface area contributed by atoms with Crippen LogP contribution in [0.15, 0.2) is 35.6 Å². The molecule has 2 aromatic rings. The molecule has 148 valence electrons. The van der Waals surface area contributed by atoms with Crippen LogP contribution in [-0.4, -0.2) is 41.5 Å². The smallest absolute Gasteiger partial charge is 0.282 e. The van der Waals surface area contributed by atoms with Gasteiger partial charge in [0.2, 0.25) is 5.88 Å². The van der Waals surface area contributed by atoms with Crippen molar-refractivity contribution in [3.05, 3.63) is 47.7 Å². The number of nitrogens with two attached hydrogens (primary N) is 1. The molecule has 0 radical (unpaired) electrons. The summed E-state index contributed by atoms with van der Waals surface area (Å²) >= 11 is 0. The van der Waals surface area contributed by atoms with Gasteiger partial charge >= 0.3 is 0 Å². The Morgan fingerprint density at radius 1 is 1.36 bits per heavy atom. The van der Waals surface area contributed by atoms with Crippen molar-refractivity contribution in [1.29, 1.82) is 0 Å². The second-order valence-electron chi connectivity index (χ2n) is 5.75. The molecule has 0 spiro atoms. The molecule has 0 bridgehead atoms. The van der Waals surface area contributed by atoms with Crippen LogP contribution in [0.25, 0.3) is 0 Å². The zero-order chi connectivity index (χ0) is 20.1. The molecule has 0 fully saturated rings. The van der Waals surface area contributed by atoms with E-state index in [2.05, 4.69) is 20.3 Å². The molecule has 8 nitrogen and oxygen atoms in total. The Morgan fingerprint density at radius 3 is 2.86 bits per heavy atom. The van der Waals surface area contributed by atoms with Crippen molar-refractivity contribution >= 4 is 17.6 Å². The molecule has 1 atom stereocenters. The van der Waals surface area contributed by atoms with Crippen LogP contribution in [0.2, 0.25) is 0 Å². The maximum absolute atomic E-state index is 14.2. The van der Waals surface area contributed by atoms with Gasteiger partial charge in [0.1, 0.15) is 11.5 Å². The summed E-state index contributed by atoms with van der Waals surface area (Å²) in [6, 6.07) is 3.51. The number of rotatable bonds is 6. The highest BCUT2D eigenvalue weighted by atomic mass is 19.3. The fraction of sp³-hybridized carbons (Fsp3) is 0.294. The van der Waals surface area contributed by atoms with Gasteiger partial charge in [-0.15, -0.1) is 0 Å². The number of alkyl halides is 2. The summed E-state index contributed by atoms with van der Waals surface area (Å²) in [6.45, 7) is -0.511. The number of nitrogens with zero attached hydrogens (tertiary/aromatic N) is 3. The van der Waals surface area contributed by atoms with Gasteiger partial charge in [-0.05, 0) is 18.2 Å². The van der Waals surface area contributed by atoms with Crippen LogP contribution in [0, 0.1) is 5.82 Å². The number of carbonyl (C=O) groups excluding carboxylic acids is 1. The summed E-state index contributed by atoms with van der Waals surface area (Å²) in [5, 5.41) is 2.57. The van der Waals surface area contributed by atoms with Crippen molar-refractivity contribution in [2.75, 3.05) is 18.5 Å². The average molecular weight is 395 g/mol. The number of carbonyl (C=O) groups is 1. The number of anilines is 1. The third-order valence-corrected chi connectivity index (χ3v) is 3.76. The first kappa shape index (κ1) is 19.4. The van der Waals surface area contributed by atoms with E-state index in [1.54, 1.807) is 0 Å². The van der Waals surface area contributed by atoms with Gasteiger partial charge in [0.25, 0.3) is 18.4 Å². The van der Waals surface area contributed by atoms with Gasteiger partial charge < -0.3 is 20.5 Å². The van der Waals surface area contributed by atoms with Crippen molar-refractivity contribution in [2.45, 2.75) is 18.9 Å². The van der Waals surface area contributed by atoms with E-state index in [9.17, 15) is 18.0 Å². The summed E-state index contributed by atoms with van der Waals surface area (Å²) in [6.07, 6.45) is -0.0507. The molecule has 0 saturated carbocycles. The third-order valence-electron chi connectivity index (χ3n) is 3.76. The first-order valence-corrected chi connectivity index (χ1v) is 8.22. The molecule has 1 aliphatic rings. The molecule has 1 unspecified atom stereocenters. The molecule has 0 saturated heterocycles. The Kier molecular flexibility index (Phi) is 5.92. The van der Waals surface area contributed by atoms with Crippen LogP contribution < -0.4 is 15.8 Å². The zero-order valence-electron chi connectivity index (χ0n) is 14.4. The van der Waals surface area contributed by atoms with Crippen molar-refractivity contribution in [2.24, 2.45) is 10.7 Å². The Balaban J connectivity index is 1.70. The highest BCUT2D eigenvalue weighted by molar-refractivity contribution is 6.02. The fourth-order valence-corrected chi connectivity index (χ4v) is 2.48. The zero-order valence-corrected chi connectivity index (χ0v) is 14.4. The molecule has 2 heterocycles. The minimum atomic E-state index is -2.65. The third kappa shape index (κ3) is 4.87. The van der Waals surface area contributed by atoms with Crippen LogP contribution in [0.4, 0.5) is 18.9 Å². The number of nitrogens with one attached hydrogen (secondary N) is 1. The van der Waals surface area contributed by atoms with E-state index in [0.717, 1.165) is 12.4 Å². The molecule has 1 aliphatic heterocycles. The maximum atomic E-state index is 14.2. The van der Waals surface area contributed by atoms with Gasteiger partial charge in [-0.3, -0.25) is 4.79 Å². The van der Waals surface area contributed by atoms with E-state index in [1.807, 2.05) is 0 Å². The van der Waals surface area contributed by atoms with Gasteiger partial charge in [-0.2, -0.15) is 0 Å². The van der Waals surface area contributed by atoms with Gasteiger partial charge in [-0.25, -0.2) is 28.1 Å². The average Bonchev–Trinajstić information content (AvgIpc) is 2.68. The van der Waals surface area contributed by atoms with Crippen LogP contribution in [0.5, 0.6) is 5.88 Å². The molecule has 11 heteroatoms. The summed E-state index contributed by atoms with van der Waals surface area (Å²) in [5.74, 6) is -1.22. The Bertz CT molecular complexity index is 877. The Labute approximate surface area is 157 Å². The number of benzene rings is 1. The highest BCUT2D eigenvalue weighted by Gasteiger charge is 2.21. The van der Waals surface area contributed by atoms with Crippen LogP contribution >= 0.6 is 0 Å². The highest BCUT2D eigenvalue weighted by Crippen LogP contribution is 2.29. The van der Waals surface area contributed by atoms with Gasteiger partial charge in [0.15, 0.2) is 6.61 Å². The summed E-state index contributed by atoms with van der Waals surface area (Å²) in [4.78, 5) is 23.9. The monoisotopic (exact) mass is 395 g/mol. The SMILES string of the molecule is NC1=NC(c2cc(NC(=O)c3cnc(OCC(F)F)cn3)ccc2F)CCO1. The number of halogens is 3. The van der Waals surface area contributed by atoms with Crippen molar-refractivity contribution in [3.8, 4) is 5.88 Å². The van der Waals surface area contributed by atoms with Crippen LogP contribution in [0.3, 0.4) is 0 Å². The van der Waals surface area contributed by atoms with Gasteiger partial charge in [0.05, 0.1) is 25.0 Å². The number of amidine groups is 1. The number of hydrogen-bond donors (Lipinski definition) is 2. The number of ether oxygens (including phenoxy) is 2. The lowest BCUT2D eigenvalue weighted by Gasteiger charge is -2.20. The fourth-order valence-electron chi connectivity index (χ4n) is 2.48. The first-order chi connectivity index (χ1) is 13.4. The quantitative estimate of drug-likeness (QED) is 0.776. The molecule has 28 heavy (non-hydrogen) atoms. The molecule has 3 rings (SSSR count). The molecular formula is C17H16F3N5O3. The lowest BCUT2D eigenvalue weighted by atomic mass is 10.0. The lowest BCUT2D eigenvalue weighted by Crippen LogP contribution is -2.24. The largest absolute Gasteiger partial charge is 0.470 e. The first-order valence-electron chi connectivity index (χ1n) is 8.22. The molecule has 3 N–H and O–H groups in total. The van der Waals surface area contributed by atoms with E-state index >= 15 is 0 Å². The van der Waals surface area contributed by atoms with E-state index in [4.69, 9.17) is 15.2 Å². The second kappa shape index (κ2) is 8.55. The van der Waals surface area contributed by atoms with E-state index in [1.165, 1.54) is 18.2 Å². The summed E-state index contributed by atoms with van der Waals surface area (Å²) in [5.41, 5.74) is 6.05. The van der Waals surface area contributed by atoms with Crippen molar-refractivity contribution < 1.29 is 27.4 Å². The van der Waals surface area contributed by atoms with Gasteiger partial charge in [0, 0.05) is 17.7 Å². The maximum Gasteiger partial charge on any atom is 0.282 e. The second-order valence-corrected chi connectivity index (χ2v) is 5.75. The van der Waals surface area contributed by atoms with E-state index < -0.39 is 30.8 Å². The molecule has 1 aromatic heterocycles. The predicted molar refractivity (Wildman–Crippen MR) is 92.8 cm³/mol. The topological polar surface area (TPSA) is 112 Å². The number of aromatic nitrogens is 2. The molecule has 1 aromatic carbocycles. The predicted octanol–water partition coefficient (Wildman–Crippen LogP) is 2.29. The number of hydrogen-bond acceptors (Lipinski definition) is 7. The van der Waals surface area contributed by atoms with Gasteiger partial charge in [-0.1, -0.05) is 0 Å². The standard InChI is InChI=1S/C17H16F3N5O3/c18-11-2-1-9(5-10(11)12-3-4-27-17(21)25-12)24-16(26)13-6-23-15(7-22-13)28-8-14(19)20/h1-2,5-7,12,14H,3-4,8H2,(H2,21,25)(H,24,26). The van der Waals surface area contributed by atoms with Crippen LogP contribution in [0.1, 0.15) is 28.5 Å². The van der Waals surface area contributed by atoms with E-state index in [-0.39, 0.29) is 23.2 Å². The summed E-state index contributed by atoms with van der Waals surface area (Å²) in [7, 11) is 0. The molecule has 1 amide bonds. The Morgan fingerprint density at radius 2 is 2.18 bits per heavy atom. The van der Waals surface area contributed by atoms with Crippen molar-refractivity contribution in [3.63, 3.8) is 0 Å². The normalized spacial score (nSPS) is 16.3.